The van der Waals surface area contributed by atoms with Crippen LogP contribution < -0.4 is 5.32 Å². The Morgan fingerprint density at radius 3 is 2.76 bits per heavy atom. The van der Waals surface area contributed by atoms with Crippen molar-refractivity contribution < 1.29 is 0 Å². The monoisotopic (exact) mass is 229 g/mol. The number of hydrogen-bond donors (Lipinski definition) is 1. The summed E-state index contributed by atoms with van der Waals surface area (Å²) in [5.41, 5.74) is 1.10. The van der Waals surface area contributed by atoms with E-state index in [1.807, 2.05) is 19.3 Å². The van der Waals surface area contributed by atoms with Crippen LogP contribution >= 0.6 is 0 Å². The van der Waals surface area contributed by atoms with Gasteiger partial charge in [0.2, 0.25) is 0 Å². The molecule has 0 aliphatic heterocycles. The number of rotatable bonds is 4. The average molecular weight is 229 g/mol. The van der Waals surface area contributed by atoms with E-state index in [2.05, 4.69) is 47.6 Å². The Bertz CT molecular complexity index is 490. The molecule has 0 bridgehead atoms. The van der Waals surface area contributed by atoms with Gasteiger partial charge in [-0.05, 0) is 20.4 Å². The third-order valence-electron chi connectivity index (χ3n) is 3.45. The van der Waals surface area contributed by atoms with Crippen molar-refractivity contribution in [3.05, 3.63) is 36.2 Å². The molecule has 0 aliphatic carbocycles. The third kappa shape index (κ3) is 2.29. The predicted octanol–water partition coefficient (Wildman–Crippen LogP) is 2.73. The highest BCUT2D eigenvalue weighted by Crippen LogP contribution is 2.27. The van der Waals surface area contributed by atoms with Crippen LogP contribution in [0.3, 0.4) is 0 Å². The molecule has 17 heavy (non-hydrogen) atoms. The fourth-order valence-electron chi connectivity index (χ4n) is 2.31. The average Bonchev–Trinajstić information content (AvgIpc) is 2.39. The van der Waals surface area contributed by atoms with Gasteiger partial charge in [-0.3, -0.25) is 0 Å². The summed E-state index contributed by atoms with van der Waals surface area (Å²) in [5, 5.41) is 14.2. The maximum atomic E-state index is 4.36. The van der Waals surface area contributed by atoms with Gasteiger partial charge in [-0.25, -0.2) is 0 Å². The molecule has 90 valence electrons. The lowest BCUT2D eigenvalue weighted by Gasteiger charge is -2.22. The van der Waals surface area contributed by atoms with Crippen LogP contribution in [0, 0.1) is 0 Å². The quantitative estimate of drug-likeness (QED) is 0.876. The van der Waals surface area contributed by atoms with Crippen LogP contribution in [0.25, 0.3) is 10.8 Å². The van der Waals surface area contributed by atoms with Crippen molar-refractivity contribution in [3.63, 3.8) is 0 Å². The van der Waals surface area contributed by atoms with Gasteiger partial charge in [0, 0.05) is 22.7 Å². The largest absolute Gasteiger partial charge is 0.317 e. The Balaban J connectivity index is 2.53. The van der Waals surface area contributed by atoms with E-state index in [0.717, 1.165) is 12.1 Å². The summed E-state index contributed by atoms with van der Waals surface area (Å²) in [7, 11) is 1.99. The molecule has 0 aliphatic rings. The van der Waals surface area contributed by atoms with Crippen molar-refractivity contribution in [2.24, 2.45) is 0 Å². The number of nitrogens with zero attached hydrogens (tertiary/aromatic N) is 2. The van der Waals surface area contributed by atoms with Crippen LogP contribution in [0.5, 0.6) is 0 Å². The summed E-state index contributed by atoms with van der Waals surface area (Å²) in [4.78, 5) is 0. The van der Waals surface area contributed by atoms with Crippen LogP contribution in [-0.2, 0) is 0 Å². The molecule has 3 heteroatoms. The van der Waals surface area contributed by atoms with Crippen molar-refractivity contribution in [1.29, 1.82) is 0 Å². The van der Waals surface area contributed by atoms with E-state index in [4.69, 9.17) is 0 Å². The zero-order chi connectivity index (χ0) is 12.3. The number of likely N-dealkylation sites (N-methyl/N-ethyl adjacent to an activating group) is 1. The summed E-state index contributed by atoms with van der Waals surface area (Å²) < 4.78 is 0. The fourth-order valence-corrected chi connectivity index (χ4v) is 2.31. The zero-order valence-electron chi connectivity index (χ0n) is 10.6. The maximum Gasteiger partial charge on any atom is 0.0755 e. The standard InChI is InChI=1S/C14H19N3/c1-4-12(10(2)15-3)14-13-8-6-5-7-11(13)9-16-17-14/h5-10,12,15H,4H2,1-3H3. The first kappa shape index (κ1) is 12.0. The number of nitrogens with one attached hydrogen (secondary N) is 1. The zero-order valence-corrected chi connectivity index (χ0v) is 10.6. The van der Waals surface area contributed by atoms with E-state index < -0.39 is 0 Å². The lowest BCUT2D eigenvalue weighted by atomic mass is 9.91. The normalized spacial score (nSPS) is 14.8. The number of fused-ring (bicyclic) bond motifs is 1. The van der Waals surface area contributed by atoms with Crippen LogP contribution in [-0.4, -0.2) is 23.3 Å². The highest BCUT2D eigenvalue weighted by Gasteiger charge is 2.20. The van der Waals surface area contributed by atoms with Crippen molar-refractivity contribution in [3.8, 4) is 0 Å². The first-order chi connectivity index (χ1) is 8.27. The molecule has 0 saturated heterocycles. The molecule has 0 amide bonds. The lowest BCUT2D eigenvalue weighted by Crippen LogP contribution is -2.29. The molecule has 1 aromatic heterocycles. The Morgan fingerprint density at radius 2 is 2.06 bits per heavy atom. The van der Waals surface area contributed by atoms with Gasteiger partial charge in [0.05, 0.1) is 11.9 Å². The second kappa shape index (κ2) is 5.23. The second-order valence-corrected chi connectivity index (χ2v) is 4.41. The molecular weight excluding hydrogens is 210 g/mol. The maximum absolute atomic E-state index is 4.36. The van der Waals surface area contributed by atoms with Crippen LogP contribution in [0.2, 0.25) is 0 Å². The van der Waals surface area contributed by atoms with E-state index >= 15 is 0 Å². The molecule has 1 aromatic carbocycles. The summed E-state index contributed by atoms with van der Waals surface area (Å²) in [5.74, 6) is 0.401. The second-order valence-electron chi connectivity index (χ2n) is 4.41. The number of benzene rings is 1. The van der Waals surface area contributed by atoms with Gasteiger partial charge >= 0.3 is 0 Å². The minimum atomic E-state index is 0.401. The molecule has 1 heterocycles. The number of hydrogen-bond acceptors (Lipinski definition) is 3. The Morgan fingerprint density at radius 1 is 1.29 bits per heavy atom. The Hall–Kier alpha value is -1.48. The highest BCUT2D eigenvalue weighted by atomic mass is 15.1. The fraction of sp³-hybridized carbons (Fsp3) is 0.429. The molecule has 2 aromatic rings. The van der Waals surface area contributed by atoms with Crippen molar-refractivity contribution >= 4 is 10.8 Å². The first-order valence-corrected chi connectivity index (χ1v) is 6.15. The van der Waals surface area contributed by atoms with Gasteiger partial charge in [-0.2, -0.15) is 10.2 Å². The van der Waals surface area contributed by atoms with E-state index in [0.29, 0.717) is 12.0 Å². The molecule has 0 fully saturated rings. The molecule has 0 spiro atoms. The van der Waals surface area contributed by atoms with E-state index in [9.17, 15) is 0 Å². The van der Waals surface area contributed by atoms with E-state index in [1.54, 1.807) is 0 Å². The molecule has 0 saturated carbocycles. The molecule has 1 N–H and O–H groups in total. The molecule has 0 radical (unpaired) electrons. The van der Waals surface area contributed by atoms with E-state index in [-0.39, 0.29) is 0 Å². The molecular formula is C14H19N3. The molecule has 2 rings (SSSR count). The van der Waals surface area contributed by atoms with Gasteiger partial charge < -0.3 is 5.32 Å². The third-order valence-corrected chi connectivity index (χ3v) is 3.45. The minimum absolute atomic E-state index is 0.401. The summed E-state index contributed by atoms with van der Waals surface area (Å²) >= 11 is 0. The highest BCUT2D eigenvalue weighted by molar-refractivity contribution is 5.83. The predicted molar refractivity (Wildman–Crippen MR) is 71.1 cm³/mol. The van der Waals surface area contributed by atoms with Gasteiger partial charge in [-0.1, -0.05) is 31.2 Å². The van der Waals surface area contributed by atoms with Crippen LogP contribution in [0.4, 0.5) is 0 Å². The topological polar surface area (TPSA) is 37.8 Å². The van der Waals surface area contributed by atoms with Crippen LogP contribution in [0.1, 0.15) is 31.9 Å². The number of aromatic nitrogens is 2. The summed E-state index contributed by atoms with van der Waals surface area (Å²) in [6, 6.07) is 8.72. The van der Waals surface area contributed by atoms with Gasteiger partial charge in [0.1, 0.15) is 0 Å². The van der Waals surface area contributed by atoms with Crippen molar-refractivity contribution in [2.45, 2.75) is 32.2 Å². The summed E-state index contributed by atoms with van der Waals surface area (Å²) in [6.07, 6.45) is 2.89. The van der Waals surface area contributed by atoms with Gasteiger partial charge in [-0.15, -0.1) is 0 Å². The van der Waals surface area contributed by atoms with Gasteiger partial charge in [0.15, 0.2) is 0 Å². The Kier molecular flexibility index (Phi) is 3.69. The van der Waals surface area contributed by atoms with Gasteiger partial charge in [0.25, 0.3) is 0 Å². The van der Waals surface area contributed by atoms with Crippen molar-refractivity contribution in [2.75, 3.05) is 7.05 Å². The minimum Gasteiger partial charge on any atom is -0.317 e. The molecule has 3 nitrogen and oxygen atoms in total. The van der Waals surface area contributed by atoms with Crippen molar-refractivity contribution in [1.82, 2.24) is 15.5 Å². The molecule has 2 unspecified atom stereocenters. The summed E-state index contributed by atoms with van der Waals surface area (Å²) in [6.45, 7) is 4.39. The van der Waals surface area contributed by atoms with Crippen LogP contribution in [0.15, 0.2) is 30.5 Å². The lowest BCUT2D eigenvalue weighted by molar-refractivity contribution is 0.474. The Labute approximate surface area is 102 Å². The SMILES string of the molecule is CCC(c1nncc2ccccc12)C(C)NC. The first-order valence-electron chi connectivity index (χ1n) is 6.15. The molecule has 2 atom stereocenters. The smallest absolute Gasteiger partial charge is 0.0755 e. The van der Waals surface area contributed by atoms with E-state index in [1.165, 1.54) is 10.8 Å².